The summed E-state index contributed by atoms with van der Waals surface area (Å²) in [6.45, 7) is 2.98. The molecule has 1 heterocycles. The van der Waals surface area contributed by atoms with E-state index in [1.54, 1.807) is 24.0 Å². The molecule has 7 heteroatoms. The van der Waals surface area contributed by atoms with Crippen molar-refractivity contribution in [1.82, 2.24) is 14.0 Å². The lowest BCUT2D eigenvalue weighted by Gasteiger charge is -2.16. The number of nitrogens with zero attached hydrogens (tertiary/aromatic N) is 3. The number of imidazole rings is 1. The summed E-state index contributed by atoms with van der Waals surface area (Å²) in [7, 11) is 1.67. The molecule has 0 saturated heterocycles. The monoisotopic (exact) mass is 270 g/mol. The maximum absolute atomic E-state index is 11.8. The molecule has 1 aromatic heterocycles. The SMILES string of the molecule is CCn1ccn(CC(=O)N(C)CCC(N)=S)c1=O. The molecule has 0 aliphatic rings. The van der Waals surface area contributed by atoms with Crippen LogP contribution >= 0.6 is 12.2 Å². The highest BCUT2D eigenvalue weighted by Gasteiger charge is 2.11. The van der Waals surface area contributed by atoms with Gasteiger partial charge in [-0.15, -0.1) is 0 Å². The Kier molecular flexibility index (Phi) is 5.08. The topological polar surface area (TPSA) is 73.3 Å². The molecule has 0 bridgehead atoms. The van der Waals surface area contributed by atoms with Crippen LogP contribution in [0.3, 0.4) is 0 Å². The fourth-order valence-electron chi connectivity index (χ4n) is 1.48. The average Bonchev–Trinajstić information content (AvgIpc) is 2.67. The first kappa shape index (κ1) is 14.4. The van der Waals surface area contributed by atoms with Gasteiger partial charge in [-0.25, -0.2) is 4.79 Å². The molecular formula is C11H18N4O2S. The van der Waals surface area contributed by atoms with E-state index in [9.17, 15) is 9.59 Å². The van der Waals surface area contributed by atoms with Crippen molar-refractivity contribution in [3.8, 4) is 0 Å². The largest absolute Gasteiger partial charge is 0.393 e. The van der Waals surface area contributed by atoms with Crippen LogP contribution in [0.25, 0.3) is 0 Å². The smallest absolute Gasteiger partial charge is 0.328 e. The summed E-state index contributed by atoms with van der Waals surface area (Å²) >= 11 is 4.75. The maximum atomic E-state index is 11.8. The van der Waals surface area contributed by atoms with Crippen LogP contribution in [-0.2, 0) is 17.9 Å². The number of nitrogens with two attached hydrogens (primary N) is 1. The predicted molar refractivity (Wildman–Crippen MR) is 73.4 cm³/mol. The summed E-state index contributed by atoms with van der Waals surface area (Å²) < 4.78 is 2.94. The van der Waals surface area contributed by atoms with E-state index >= 15 is 0 Å². The third-order valence-corrected chi connectivity index (χ3v) is 2.89. The maximum Gasteiger partial charge on any atom is 0.328 e. The summed E-state index contributed by atoms with van der Waals surface area (Å²) in [5, 5.41) is 0. The molecule has 2 N–H and O–H groups in total. The molecule has 100 valence electrons. The van der Waals surface area contributed by atoms with Gasteiger partial charge in [-0.2, -0.15) is 0 Å². The van der Waals surface area contributed by atoms with E-state index in [0.717, 1.165) is 0 Å². The highest BCUT2D eigenvalue weighted by atomic mass is 32.1. The van der Waals surface area contributed by atoms with Crippen LogP contribution in [0.5, 0.6) is 0 Å². The molecule has 0 aliphatic heterocycles. The average molecular weight is 270 g/mol. The Morgan fingerprint density at radius 1 is 1.44 bits per heavy atom. The third kappa shape index (κ3) is 3.69. The molecule has 0 atom stereocenters. The van der Waals surface area contributed by atoms with Crippen molar-refractivity contribution < 1.29 is 4.79 Å². The fourth-order valence-corrected chi connectivity index (χ4v) is 1.57. The summed E-state index contributed by atoms with van der Waals surface area (Å²) in [5.74, 6) is -0.137. The number of thiocarbonyl (C=S) groups is 1. The van der Waals surface area contributed by atoms with Crippen LogP contribution in [0.2, 0.25) is 0 Å². The van der Waals surface area contributed by atoms with Gasteiger partial charge in [0.1, 0.15) is 6.54 Å². The number of likely N-dealkylation sites (N-methyl/N-ethyl adjacent to an activating group) is 1. The van der Waals surface area contributed by atoms with Gasteiger partial charge in [0.05, 0.1) is 4.99 Å². The van der Waals surface area contributed by atoms with Crippen molar-refractivity contribution in [1.29, 1.82) is 0 Å². The van der Waals surface area contributed by atoms with Gasteiger partial charge in [0.2, 0.25) is 5.91 Å². The number of rotatable bonds is 6. The van der Waals surface area contributed by atoms with E-state index in [0.29, 0.717) is 24.5 Å². The minimum absolute atomic E-state index is 0.0413. The summed E-state index contributed by atoms with van der Waals surface area (Å²) in [6, 6.07) is 0. The number of hydrogen-bond donors (Lipinski definition) is 1. The first-order chi connectivity index (χ1) is 8.45. The Bertz CT molecular complexity index is 491. The number of amides is 1. The van der Waals surface area contributed by atoms with Gasteiger partial charge in [-0.1, -0.05) is 12.2 Å². The normalized spacial score (nSPS) is 10.3. The standard InChI is InChI=1S/C11H18N4O2S/c1-3-14-6-7-15(11(14)17)8-10(16)13(2)5-4-9(12)18/h6-7H,3-5,8H2,1-2H3,(H2,12,18). The number of hydrogen-bond acceptors (Lipinski definition) is 3. The molecule has 0 fully saturated rings. The Morgan fingerprint density at radius 2 is 2.06 bits per heavy atom. The first-order valence-electron chi connectivity index (χ1n) is 5.73. The fraction of sp³-hybridized carbons (Fsp3) is 0.545. The lowest BCUT2D eigenvalue weighted by Crippen LogP contribution is -2.35. The first-order valence-corrected chi connectivity index (χ1v) is 6.14. The minimum atomic E-state index is -0.173. The lowest BCUT2D eigenvalue weighted by molar-refractivity contribution is -0.130. The van der Waals surface area contributed by atoms with Crippen molar-refractivity contribution in [3.05, 3.63) is 22.9 Å². The van der Waals surface area contributed by atoms with E-state index in [4.69, 9.17) is 18.0 Å². The van der Waals surface area contributed by atoms with E-state index in [1.165, 1.54) is 9.47 Å². The summed E-state index contributed by atoms with van der Waals surface area (Å²) in [5.41, 5.74) is 5.20. The van der Waals surface area contributed by atoms with Crippen LogP contribution in [0.15, 0.2) is 17.2 Å². The molecule has 0 spiro atoms. The molecule has 6 nitrogen and oxygen atoms in total. The molecule has 0 aromatic carbocycles. The van der Waals surface area contributed by atoms with Gasteiger partial charge in [-0.05, 0) is 6.92 Å². The number of aryl methyl sites for hydroxylation is 1. The molecule has 0 unspecified atom stereocenters. The van der Waals surface area contributed by atoms with Crippen molar-refractivity contribution in [3.63, 3.8) is 0 Å². The zero-order chi connectivity index (χ0) is 13.7. The number of aromatic nitrogens is 2. The molecule has 1 amide bonds. The Labute approximate surface area is 111 Å². The van der Waals surface area contributed by atoms with Gasteiger partial charge in [-0.3, -0.25) is 13.9 Å². The van der Waals surface area contributed by atoms with Crippen LogP contribution in [0.1, 0.15) is 13.3 Å². The highest BCUT2D eigenvalue weighted by molar-refractivity contribution is 7.80. The van der Waals surface area contributed by atoms with Gasteiger partial charge in [0.25, 0.3) is 0 Å². The van der Waals surface area contributed by atoms with Crippen LogP contribution in [0.4, 0.5) is 0 Å². The number of carbonyl (C=O) groups excluding carboxylic acids is 1. The van der Waals surface area contributed by atoms with Crippen molar-refractivity contribution in [2.75, 3.05) is 13.6 Å². The molecule has 0 radical (unpaired) electrons. The van der Waals surface area contributed by atoms with E-state index in [2.05, 4.69) is 0 Å². The second kappa shape index (κ2) is 6.34. The van der Waals surface area contributed by atoms with E-state index in [-0.39, 0.29) is 18.1 Å². The quantitative estimate of drug-likeness (QED) is 0.727. The molecule has 1 rings (SSSR count). The second-order valence-electron chi connectivity index (χ2n) is 4.03. The minimum Gasteiger partial charge on any atom is -0.393 e. The third-order valence-electron chi connectivity index (χ3n) is 2.68. The van der Waals surface area contributed by atoms with E-state index in [1.807, 2.05) is 6.92 Å². The van der Waals surface area contributed by atoms with E-state index < -0.39 is 0 Å². The zero-order valence-electron chi connectivity index (χ0n) is 10.6. The molecule has 1 aromatic rings. The van der Waals surface area contributed by atoms with Gasteiger partial charge < -0.3 is 10.6 Å². The van der Waals surface area contributed by atoms with Crippen molar-refractivity contribution in [2.24, 2.45) is 5.73 Å². The second-order valence-corrected chi connectivity index (χ2v) is 4.55. The summed E-state index contributed by atoms with van der Waals surface area (Å²) in [6.07, 6.45) is 3.78. The van der Waals surface area contributed by atoms with Crippen LogP contribution in [-0.4, -0.2) is 38.5 Å². The highest BCUT2D eigenvalue weighted by Crippen LogP contribution is 1.93. The molecular weight excluding hydrogens is 252 g/mol. The number of carbonyl (C=O) groups is 1. The summed E-state index contributed by atoms with van der Waals surface area (Å²) in [4.78, 5) is 25.5. The van der Waals surface area contributed by atoms with Crippen LogP contribution in [0, 0.1) is 0 Å². The Hall–Kier alpha value is -1.63. The van der Waals surface area contributed by atoms with Crippen molar-refractivity contribution >= 4 is 23.1 Å². The van der Waals surface area contributed by atoms with Crippen LogP contribution < -0.4 is 11.4 Å². The predicted octanol–water partition coefficient (Wildman–Crippen LogP) is -0.196. The molecule has 0 aliphatic carbocycles. The Balaban J connectivity index is 2.61. The van der Waals surface area contributed by atoms with Gasteiger partial charge in [0.15, 0.2) is 0 Å². The zero-order valence-corrected chi connectivity index (χ0v) is 11.4. The lowest BCUT2D eigenvalue weighted by atomic mass is 10.4. The van der Waals surface area contributed by atoms with Gasteiger partial charge >= 0.3 is 5.69 Å². The molecule has 18 heavy (non-hydrogen) atoms. The Morgan fingerprint density at radius 3 is 2.56 bits per heavy atom. The van der Waals surface area contributed by atoms with Crippen molar-refractivity contribution in [2.45, 2.75) is 26.4 Å². The van der Waals surface area contributed by atoms with Gasteiger partial charge in [0, 0.05) is 39.0 Å². The molecule has 0 saturated carbocycles.